The second kappa shape index (κ2) is 5.68. The smallest absolute Gasteiger partial charge is 0.336 e. The highest BCUT2D eigenvalue weighted by atomic mass is 79.9. The first-order chi connectivity index (χ1) is 9.61. The van der Waals surface area contributed by atoms with E-state index in [1.165, 1.54) is 0 Å². The number of hydrogen-bond donors (Lipinski definition) is 1. The summed E-state index contributed by atoms with van der Waals surface area (Å²) in [7, 11) is 0. The number of benzene rings is 1. The lowest BCUT2D eigenvalue weighted by Crippen LogP contribution is -2.35. The third kappa shape index (κ3) is 2.95. The van der Waals surface area contributed by atoms with Crippen molar-refractivity contribution in [2.75, 3.05) is 13.1 Å². The zero-order chi connectivity index (χ0) is 14.1. The second-order valence-electron chi connectivity index (χ2n) is 5.24. The summed E-state index contributed by atoms with van der Waals surface area (Å²) in [5.74, 6) is 0. The molecule has 0 amide bonds. The normalized spacial score (nSPS) is 17.7. The van der Waals surface area contributed by atoms with Crippen LogP contribution in [0.15, 0.2) is 37.9 Å². The Kier molecular flexibility index (Phi) is 3.92. The van der Waals surface area contributed by atoms with Crippen LogP contribution < -0.4 is 5.63 Å². The molecule has 1 aliphatic rings. The number of nitrogens with zero attached hydrogens (tertiary/aromatic N) is 1. The van der Waals surface area contributed by atoms with Crippen molar-refractivity contribution < 1.29 is 9.52 Å². The molecule has 0 aliphatic carbocycles. The molecule has 3 rings (SSSR count). The molecule has 1 N–H and O–H groups in total. The molecule has 1 saturated heterocycles. The molecule has 1 aromatic carbocycles. The highest BCUT2D eigenvalue weighted by Gasteiger charge is 2.18. The van der Waals surface area contributed by atoms with Crippen LogP contribution in [0.25, 0.3) is 11.0 Å². The van der Waals surface area contributed by atoms with Gasteiger partial charge in [-0.15, -0.1) is 0 Å². The predicted octanol–water partition coefficient (Wildman–Crippen LogP) is 2.51. The van der Waals surface area contributed by atoms with Crippen molar-refractivity contribution in [3.63, 3.8) is 0 Å². The van der Waals surface area contributed by atoms with E-state index < -0.39 is 0 Å². The van der Waals surface area contributed by atoms with Crippen LogP contribution in [-0.4, -0.2) is 29.2 Å². The van der Waals surface area contributed by atoms with Gasteiger partial charge in [0.05, 0.1) is 6.10 Å². The van der Waals surface area contributed by atoms with Gasteiger partial charge in [0.2, 0.25) is 0 Å². The van der Waals surface area contributed by atoms with E-state index in [9.17, 15) is 9.90 Å². The van der Waals surface area contributed by atoms with E-state index in [-0.39, 0.29) is 11.7 Å². The molecule has 1 aliphatic heterocycles. The molecule has 0 unspecified atom stereocenters. The number of piperidine rings is 1. The van der Waals surface area contributed by atoms with Gasteiger partial charge < -0.3 is 9.52 Å². The van der Waals surface area contributed by atoms with Crippen LogP contribution in [0.2, 0.25) is 0 Å². The van der Waals surface area contributed by atoms with Crippen LogP contribution in [0, 0.1) is 0 Å². The van der Waals surface area contributed by atoms with E-state index in [0.29, 0.717) is 5.58 Å². The molecule has 106 valence electrons. The van der Waals surface area contributed by atoms with Crippen molar-refractivity contribution in [3.05, 3.63) is 44.7 Å². The first kappa shape index (κ1) is 13.8. The van der Waals surface area contributed by atoms with E-state index in [1.54, 1.807) is 6.07 Å². The van der Waals surface area contributed by atoms with Gasteiger partial charge in [0.1, 0.15) is 5.58 Å². The minimum atomic E-state index is -0.317. The highest BCUT2D eigenvalue weighted by Crippen LogP contribution is 2.23. The fourth-order valence-corrected chi connectivity index (χ4v) is 2.99. The zero-order valence-electron chi connectivity index (χ0n) is 11.0. The largest absolute Gasteiger partial charge is 0.423 e. The van der Waals surface area contributed by atoms with Gasteiger partial charge >= 0.3 is 5.63 Å². The fourth-order valence-electron chi connectivity index (χ4n) is 2.65. The number of rotatable bonds is 2. The van der Waals surface area contributed by atoms with Gasteiger partial charge in [-0.05, 0) is 36.6 Å². The molecule has 0 saturated carbocycles. The molecule has 1 fully saturated rings. The molecule has 0 bridgehead atoms. The number of hydrogen-bond acceptors (Lipinski definition) is 4. The molecule has 2 aromatic rings. The average Bonchev–Trinajstić information content (AvgIpc) is 2.40. The van der Waals surface area contributed by atoms with Gasteiger partial charge in [-0.3, -0.25) is 4.90 Å². The van der Waals surface area contributed by atoms with Crippen molar-refractivity contribution in [1.82, 2.24) is 4.90 Å². The Bertz CT molecular complexity index is 674. The monoisotopic (exact) mass is 337 g/mol. The van der Waals surface area contributed by atoms with Gasteiger partial charge in [-0.25, -0.2) is 4.79 Å². The van der Waals surface area contributed by atoms with E-state index >= 15 is 0 Å². The molecule has 2 heterocycles. The summed E-state index contributed by atoms with van der Waals surface area (Å²) >= 11 is 3.39. The van der Waals surface area contributed by atoms with Crippen LogP contribution in [-0.2, 0) is 6.54 Å². The average molecular weight is 338 g/mol. The predicted molar refractivity (Wildman–Crippen MR) is 80.7 cm³/mol. The lowest BCUT2D eigenvalue weighted by molar-refractivity contribution is 0.0794. The topological polar surface area (TPSA) is 53.7 Å². The summed E-state index contributed by atoms with van der Waals surface area (Å²) in [6.07, 6.45) is 1.41. The van der Waals surface area contributed by atoms with Crippen molar-refractivity contribution in [3.8, 4) is 0 Å². The van der Waals surface area contributed by atoms with E-state index in [4.69, 9.17) is 4.42 Å². The molecule has 0 atom stereocenters. The van der Waals surface area contributed by atoms with E-state index in [1.807, 2.05) is 18.2 Å². The molecular weight excluding hydrogens is 322 g/mol. The van der Waals surface area contributed by atoms with Gasteiger partial charge in [-0.2, -0.15) is 0 Å². The second-order valence-corrected chi connectivity index (χ2v) is 6.15. The SMILES string of the molecule is O=c1cc(CN2CCC(O)CC2)c2ccc(Br)cc2o1. The molecule has 20 heavy (non-hydrogen) atoms. The third-order valence-electron chi connectivity index (χ3n) is 3.74. The van der Waals surface area contributed by atoms with Crippen molar-refractivity contribution >= 4 is 26.9 Å². The molecule has 1 aromatic heterocycles. The number of fused-ring (bicyclic) bond motifs is 1. The minimum absolute atomic E-state index is 0.181. The minimum Gasteiger partial charge on any atom is -0.423 e. The Morgan fingerprint density at radius 2 is 2.05 bits per heavy atom. The summed E-state index contributed by atoms with van der Waals surface area (Å²) in [6.45, 7) is 2.44. The van der Waals surface area contributed by atoms with Crippen LogP contribution in [0.4, 0.5) is 0 Å². The Morgan fingerprint density at radius 1 is 1.30 bits per heavy atom. The van der Waals surface area contributed by atoms with Crippen LogP contribution in [0.3, 0.4) is 0 Å². The molecule has 5 heteroatoms. The lowest BCUT2D eigenvalue weighted by atomic mass is 10.1. The first-order valence-corrected chi connectivity index (χ1v) is 7.54. The number of halogens is 1. The zero-order valence-corrected chi connectivity index (χ0v) is 12.6. The molecule has 0 radical (unpaired) electrons. The van der Waals surface area contributed by atoms with Crippen LogP contribution >= 0.6 is 15.9 Å². The van der Waals surface area contributed by atoms with Crippen LogP contribution in [0.5, 0.6) is 0 Å². The first-order valence-electron chi connectivity index (χ1n) is 6.74. The summed E-state index contributed by atoms with van der Waals surface area (Å²) in [4.78, 5) is 13.9. The van der Waals surface area contributed by atoms with Gasteiger partial charge in [0, 0.05) is 35.6 Å². The maximum absolute atomic E-state index is 11.7. The molecular formula is C15H16BrNO3. The fraction of sp³-hybridized carbons (Fsp3) is 0.400. The van der Waals surface area contributed by atoms with Gasteiger partial charge in [0.25, 0.3) is 0 Å². The standard InChI is InChI=1S/C15H16BrNO3/c16-11-1-2-13-10(7-15(19)20-14(13)8-11)9-17-5-3-12(18)4-6-17/h1-2,7-8,12,18H,3-6,9H2. The third-order valence-corrected chi connectivity index (χ3v) is 4.24. The van der Waals surface area contributed by atoms with Crippen molar-refractivity contribution in [2.45, 2.75) is 25.5 Å². The Hall–Kier alpha value is -1.17. The van der Waals surface area contributed by atoms with Gasteiger partial charge in [0.15, 0.2) is 0 Å². The number of aliphatic hydroxyl groups is 1. The highest BCUT2D eigenvalue weighted by molar-refractivity contribution is 9.10. The van der Waals surface area contributed by atoms with E-state index in [2.05, 4.69) is 20.8 Å². The summed E-state index contributed by atoms with van der Waals surface area (Å²) in [5, 5.41) is 10.5. The quantitative estimate of drug-likeness (QED) is 0.855. The van der Waals surface area contributed by atoms with Gasteiger partial charge in [-0.1, -0.05) is 15.9 Å². The molecule has 0 spiro atoms. The van der Waals surface area contributed by atoms with E-state index in [0.717, 1.165) is 47.9 Å². The van der Waals surface area contributed by atoms with Crippen LogP contribution in [0.1, 0.15) is 18.4 Å². The molecule has 4 nitrogen and oxygen atoms in total. The Labute approximate surface area is 125 Å². The van der Waals surface area contributed by atoms with Crippen molar-refractivity contribution in [1.29, 1.82) is 0 Å². The van der Waals surface area contributed by atoms with Crippen molar-refractivity contribution in [2.24, 2.45) is 0 Å². The number of likely N-dealkylation sites (tertiary alicyclic amines) is 1. The maximum Gasteiger partial charge on any atom is 0.336 e. The summed E-state index contributed by atoms with van der Waals surface area (Å²) in [6, 6.07) is 7.31. The number of aliphatic hydroxyl groups excluding tert-OH is 1. The summed E-state index contributed by atoms with van der Waals surface area (Å²) in [5.41, 5.74) is 1.28. The maximum atomic E-state index is 11.7. The lowest BCUT2D eigenvalue weighted by Gasteiger charge is -2.29. The Morgan fingerprint density at radius 3 is 2.80 bits per heavy atom. The summed E-state index contributed by atoms with van der Waals surface area (Å²) < 4.78 is 6.14. The Balaban J connectivity index is 1.92.